The number of unbranched alkanes of at least 4 members (excludes halogenated alkanes) is 1. The summed E-state index contributed by atoms with van der Waals surface area (Å²) >= 11 is 1.29. The smallest absolute Gasteiger partial charge is 0.351 e. The largest absolute Gasteiger partial charge is 0.389 e. The number of aromatic nitrogens is 1. The third-order valence-electron chi connectivity index (χ3n) is 1.84. The molecule has 0 aromatic carbocycles. The number of carbonyl (C=O) groups excluding carboxylic acids is 1. The third kappa shape index (κ3) is 5.11. The lowest BCUT2D eigenvalue weighted by Crippen LogP contribution is -2.24. The van der Waals surface area contributed by atoms with E-state index in [2.05, 4.69) is 10.3 Å². The number of rotatable bonds is 5. The maximum absolute atomic E-state index is 11.8. The van der Waals surface area contributed by atoms with Crippen LogP contribution in [0.3, 0.4) is 0 Å². The summed E-state index contributed by atoms with van der Waals surface area (Å²) in [5.41, 5.74) is 1.83. The molecule has 0 aliphatic rings. The van der Waals surface area contributed by atoms with Gasteiger partial charge in [0.2, 0.25) is 0 Å². The van der Waals surface area contributed by atoms with Crippen LogP contribution in [0.4, 0.5) is 13.2 Å². The van der Waals surface area contributed by atoms with Crippen LogP contribution in [0.15, 0.2) is 10.9 Å². The number of hydrogen-bond donors (Lipinski definition) is 1. The summed E-state index contributed by atoms with van der Waals surface area (Å²) in [6.45, 7) is 0.242. The van der Waals surface area contributed by atoms with Crippen LogP contribution in [0.25, 0.3) is 0 Å². The molecule has 1 N–H and O–H groups in total. The van der Waals surface area contributed by atoms with Crippen molar-refractivity contribution >= 4 is 17.2 Å². The molecular weight excluding hydrogens is 241 g/mol. The zero-order valence-electron chi connectivity index (χ0n) is 8.38. The van der Waals surface area contributed by atoms with Crippen molar-refractivity contribution in [3.05, 3.63) is 16.6 Å². The van der Waals surface area contributed by atoms with E-state index in [1.54, 1.807) is 5.38 Å². The molecule has 0 unspecified atom stereocenters. The van der Waals surface area contributed by atoms with Gasteiger partial charge in [0.25, 0.3) is 5.91 Å². The Hall–Kier alpha value is -1.11. The highest BCUT2D eigenvalue weighted by Gasteiger charge is 2.25. The average molecular weight is 252 g/mol. The van der Waals surface area contributed by atoms with Gasteiger partial charge in [-0.1, -0.05) is 0 Å². The van der Waals surface area contributed by atoms with Gasteiger partial charge in [0.15, 0.2) is 0 Å². The maximum Gasteiger partial charge on any atom is 0.389 e. The van der Waals surface area contributed by atoms with Crippen LogP contribution in [0.2, 0.25) is 0 Å². The quantitative estimate of drug-likeness (QED) is 0.818. The summed E-state index contributed by atoms with van der Waals surface area (Å²) < 4.78 is 35.3. The minimum absolute atomic E-state index is 0.0286. The summed E-state index contributed by atoms with van der Waals surface area (Å²) in [6.07, 6.45) is -4.57. The van der Waals surface area contributed by atoms with E-state index < -0.39 is 12.6 Å². The number of halogens is 3. The van der Waals surface area contributed by atoms with Crippen molar-refractivity contribution in [2.45, 2.75) is 25.4 Å². The fourth-order valence-corrected chi connectivity index (χ4v) is 1.60. The zero-order valence-corrected chi connectivity index (χ0v) is 9.20. The number of alkyl halides is 3. The van der Waals surface area contributed by atoms with E-state index in [4.69, 9.17) is 0 Å². The summed E-state index contributed by atoms with van der Waals surface area (Å²) in [5, 5.41) is 4.10. The lowest BCUT2D eigenvalue weighted by Gasteiger charge is -2.06. The molecule has 0 saturated carbocycles. The monoisotopic (exact) mass is 252 g/mol. The highest BCUT2D eigenvalue weighted by molar-refractivity contribution is 7.07. The van der Waals surface area contributed by atoms with Gasteiger partial charge in [-0.15, -0.1) is 11.3 Å². The van der Waals surface area contributed by atoms with Crippen molar-refractivity contribution < 1.29 is 18.0 Å². The number of hydrogen-bond acceptors (Lipinski definition) is 3. The first kappa shape index (κ1) is 13.0. The van der Waals surface area contributed by atoms with Crippen molar-refractivity contribution in [3.8, 4) is 0 Å². The van der Waals surface area contributed by atoms with Gasteiger partial charge in [-0.3, -0.25) is 4.79 Å². The van der Waals surface area contributed by atoms with Crippen molar-refractivity contribution in [2.24, 2.45) is 0 Å². The lowest BCUT2D eigenvalue weighted by atomic mass is 10.2. The SMILES string of the molecule is O=C(NCCCCC(F)(F)F)c1cscn1. The second-order valence-corrected chi connectivity index (χ2v) is 3.92. The molecule has 0 bridgehead atoms. The van der Waals surface area contributed by atoms with Crippen LogP contribution in [-0.4, -0.2) is 23.6 Å². The van der Waals surface area contributed by atoms with Crippen LogP contribution in [0.5, 0.6) is 0 Å². The Labute approximate surface area is 94.7 Å². The molecule has 0 atom stereocenters. The molecular formula is C9H11F3N2OS. The molecule has 16 heavy (non-hydrogen) atoms. The van der Waals surface area contributed by atoms with Crippen LogP contribution in [0, 0.1) is 0 Å². The molecule has 0 saturated heterocycles. The molecule has 1 aromatic rings. The Morgan fingerprint density at radius 2 is 2.19 bits per heavy atom. The normalized spacial score (nSPS) is 11.4. The first-order valence-corrected chi connectivity index (χ1v) is 5.66. The van der Waals surface area contributed by atoms with E-state index in [1.807, 2.05) is 0 Å². The Balaban J connectivity index is 2.10. The molecule has 7 heteroatoms. The number of amides is 1. The molecule has 0 aliphatic heterocycles. The molecule has 1 heterocycles. The van der Waals surface area contributed by atoms with Crippen LogP contribution in [0.1, 0.15) is 29.8 Å². The molecule has 1 amide bonds. The number of carbonyl (C=O) groups is 1. The summed E-state index contributed by atoms with van der Waals surface area (Å²) in [6, 6.07) is 0. The first-order chi connectivity index (χ1) is 7.49. The van der Waals surface area contributed by atoms with E-state index in [9.17, 15) is 18.0 Å². The molecule has 3 nitrogen and oxygen atoms in total. The van der Waals surface area contributed by atoms with Gasteiger partial charge in [-0.2, -0.15) is 13.2 Å². The maximum atomic E-state index is 11.8. The van der Waals surface area contributed by atoms with Crippen LogP contribution >= 0.6 is 11.3 Å². The molecule has 0 radical (unpaired) electrons. The first-order valence-electron chi connectivity index (χ1n) is 4.72. The van der Waals surface area contributed by atoms with Gasteiger partial charge in [0, 0.05) is 18.3 Å². The van der Waals surface area contributed by atoms with Gasteiger partial charge in [-0.25, -0.2) is 4.98 Å². The topological polar surface area (TPSA) is 42.0 Å². The van der Waals surface area contributed by atoms with Crippen molar-refractivity contribution in [2.75, 3.05) is 6.54 Å². The second kappa shape index (κ2) is 5.83. The van der Waals surface area contributed by atoms with Gasteiger partial charge in [0.1, 0.15) is 5.69 Å². The Kier molecular flexibility index (Phi) is 4.72. The summed E-state index contributed by atoms with van der Waals surface area (Å²) in [4.78, 5) is 15.1. The molecule has 0 fully saturated rings. The van der Waals surface area contributed by atoms with Gasteiger partial charge in [0.05, 0.1) is 5.51 Å². The van der Waals surface area contributed by atoms with Crippen molar-refractivity contribution in [3.63, 3.8) is 0 Å². The number of thiazole rings is 1. The Morgan fingerprint density at radius 1 is 1.44 bits per heavy atom. The van der Waals surface area contributed by atoms with E-state index >= 15 is 0 Å². The zero-order chi connectivity index (χ0) is 12.0. The summed E-state index contributed by atoms with van der Waals surface area (Å²) in [7, 11) is 0. The highest BCUT2D eigenvalue weighted by atomic mass is 32.1. The fourth-order valence-electron chi connectivity index (χ4n) is 1.07. The molecule has 1 rings (SSSR count). The lowest BCUT2D eigenvalue weighted by molar-refractivity contribution is -0.135. The van der Waals surface area contributed by atoms with Crippen molar-refractivity contribution in [1.82, 2.24) is 10.3 Å². The standard InChI is InChI=1S/C9H11F3N2OS/c10-9(11,12)3-1-2-4-13-8(15)7-5-16-6-14-7/h5-6H,1-4H2,(H,13,15). The van der Waals surface area contributed by atoms with E-state index in [1.165, 1.54) is 16.8 Å². The third-order valence-corrected chi connectivity index (χ3v) is 2.42. The predicted molar refractivity (Wildman–Crippen MR) is 54.4 cm³/mol. The minimum atomic E-state index is -4.11. The van der Waals surface area contributed by atoms with Gasteiger partial charge >= 0.3 is 6.18 Å². The van der Waals surface area contributed by atoms with E-state index in [-0.39, 0.29) is 18.9 Å². The molecule has 90 valence electrons. The molecule has 0 aliphatic carbocycles. The van der Waals surface area contributed by atoms with Crippen molar-refractivity contribution in [1.29, 1.82) is 0 Å². The van der Waals surface area contributed by atoms with E-state index in [0.29, 0.717) is 12.1 Å². The Morgan fingerprint density at radius 3 is 2.75 bits per heavy atom. The number of nitrogens with zero attached hydrogens (tertiary/aromatic N) is 1. The summed E-state index contributed by atoms with van der Waals surface area (Å²) in [5.74, 6) is -0.340. The average Bonchev–Trinajstić information content (AvgIpc) is 2.67. The van der Waals surface area contributed by atoms with E-state index in [0.717, 1.165) is 0 Å². The van der Waals surface area contributed by atoms with Crippen LogP contribution < -0.4 is 5.32 Å². The fraction of sp³-hybridized carbons (Fsp3) is 0.556. The minimum Gasteiger partial charge on any atom is -0.351 e. The van der Waals surface area contributed by atoms with Gasteiger partial charge in [-0.05, 0) is 12.8 Å². The highest BCUT2D eigenvalue weighted by Crippen LogP contribution is 2.21. The Bertz CT molecular complexity index is 324. The van der Waals surface area contributed by atoms with Crippen LogP contribution in [-0.2, 0) is 0 Å². The predicted octanol–water partition coefficient (Wildman–Crippen LogP) is 2.61. The molecule has 1 aromatic heterocycles. The second-order valence-electron chi connectivity index (χ2n) is 3.20. The number of nitrogens with one attached hydrogen (secondary N) is 1. The van der Waals surface area contributed by atoms with Gasteiger partial charge < -0.3 is 5.32 Å². The molecule has 0 spiro atoms.